The Morgan fingerprint density at radius 3 is 2.35 bits per heavy atom. The van der Waals surface area contributed by atoms with Gasteiger partial charge in [0.05, 0.1) is 16.3 Å². The molecule has 1 aromatic carbocycles. The van der Waals surface area contributed by atoms with Crippen molar-refractivity contribution in [1.29, 1.82) is 0 Å². The number of ether oxygens (including phenoxy) is 1. The molecule has 1 aromatic heterocycles. The summed E-state index contributed by atoms with van der Waals surface area (Å²) in [6.07, 6.45) is -0.366. The number of amides is 1. The van der Waals surface area contributed by atoms with Gasteiger partial charge in [-0.05, 0) is 58.2 Å². The molecule has 11 heteroatoms. The number of halogens is 2. The van der Waals surface area contributed by atoms with E-state index in [0.717, 1.165) is 0 Å². The Balaban J connectivity index is 1.81. The summed E-state index contributed by atoms with van der Waals surface area (Å²) in [6, 6.07) is 7.74. The highest BCUT2D eigenvalue weighted by molar-refractivity contribution is 7.63. The van der Waals surface area contributed by atoms with Crippen molar-refractivity contribution in [3.63, 3.8) is 0 Å². The summed E-state index contributed by atoms with van der Waals surface area (Å²) in [6.45, 7) is 18.6. The summed E-state index contributed by atoms with van der Waals surface area (Å²) >= 11 is 6.76. The topological polar surface area (TPSA) is 78.3 Å². The monoisotopic (exact) mass is 591 g/mol. The number of nitrogens with zero attached hydrogens (tertiary/aromatic N) is 5. The second kappa shape index (κ2) is 10.6. The highest BCUT2D eigenvalue weighted by Gasteiger charge is 2.43. The van der Waals surface area contributed by atoms with Gasteiger partial charge in [-0.15, -0.1) is 0 Å². The van der Waals surface area contributed by atoms with Crippen molar-refractivity contribution in [2.75, 3.05) is 31.0 Å². The fourth-order valence-corrected chi connectivity index (χ4v) is 7.13. The third-order valence-corrected chi connectivity index (χ3v) is 8.88. The molecule has 218 valence electrons. The summed E-state index contributed by atoms with van der Waals surface area (Å²) in [5, 5.41) is 0.271. The van der Waals surface area contributed by atoms with Gasteiger partial charge in [0, 0.05) is 43.9 Å². The Morgan fingerprint density at radius 1 is 1.10 bits per heavy atom. The third kappa shape index (κ3) is 6.31. The van der Waals surface area contributed by atoms with Crippen LogP contribution in [-0.2, 0) is 9.30 Å². The van der Waals surface area contributed by atoms with Crippen molar-refractivity contribution in [2.24, 2.45) is 10.2 Å². The number of fused-ring (bicyclic) bond motifs is 1. The summed E-state index contributed by atoms with van der Waals surface area (Å²) in [4.78, 5) is 21.6. The molecule has 8 nitrogen and oxygen atoms in total. The van der Waals surface area contributed by atoms with Gasteiger partial charge in [-0.25, -0.2) is 14.2 Å². The van der Waals surface area contributed by atoms with Crippen molar-refractivity contribution >= 4 is 36.8 Å². The van der Waals surface area contributed by atoms with Crippen LogP contribution in [0, 0.1) is 11.2 Å². The van der Waals surface area contributed by atoms with E-state index in [0.29, 0.717) is 36.9 Å². The van der Waals surface area contributed by atoms with Gasteiger partial charge in [0.15, 0.2) is 0 Å². The molecule has 2 aliphatic rings. The van der Waals surface area contributed by atoms with Crippen molar-refractivity contribution in [3.8, 4) is 11.3 Å². The Morgan fingerprint density at radius 2 is 1.75 bits per heavy atom. The molecular formula is C29H40ClFN5O3P. The average Bonchev–Trinajstić information content (AvgIpc) is 2.80. The van der Waals surface area contributed by atoms with Gasteiger partial charge in [0.25, 0.3) is 7.44 Å². The Kier molecular flexibility index (Phi) is 8.07. The zero-order valence-corrected chi connectivity index (χ0v) is 26.5. The fraction of sp³-hybridized carbons (Fsp3) is 0.552. The van der Waals surface area contributed by atoms with Crippen LogP contribution in [-0.4, -0.2) is 70.7 Å². The quantitative estimate of drug-likeness (QED) is 0.341. The minimum atomic E-state index is -3.32. The zero-order valence-electron chi connectivity index (χ0n) is 24.8. The maximum Gasteiger partial charge on any atom is 0.410 e. The van der Waals surface area contributed by atoms with Crippen LogP contribution in [0.5, 0.6) is 0 Å². The van der Waals surface area contributed by atoms with Crippen LogP contribution in [0.25, 0.3) is 11.3 Å². The fourth-order valence-electron chi connectivity index (χ4n) is 5.01. The van der Waals surface area contributed by atoms with Crippen molar-refractivity contribution in [2.45, 2.75) is 73.1 Å². The Hall–Kier alpha value is -2.64. The summed E-state index contributed by atoms with van der Waals surface area (Å²) in [7, 11) is -3.32. The normalized spacial score (nSPS) is 23.6. The van der Waals surface area contributed by atoms with Gasteiger partial charge in [-0.1, -0.05) is 44.5 Å². The predicted octanol–water partition coefficient (Wildman–Crippen LogP) is 7.31. The lowest BCUT2D eigenvalue weighted by molar-refractivity contribution is 0.000510. The number of aromatic nitrogens is 1. The molecule has 0 aliphatic carbocycles. The molecule has 3 atom stereocenters. The molecule has 4 rings (SSSR count). The van der Waals surface area contributed by atoms with Gasteiger partial charge in [-0.2, -0.15) is 4.76 Å². The molecule has 0 spiro atoms. The molecule has 0 bridgehead atoms. The van der Waals surface area contributed by atoms with E-state index in [1.165, 1.54) is 6.07 Å². The highest BCUT2D eigenvalue weighted by Crippen LogP contribution is 2.56. The van der Waals surface area contributed by atoms with E-state index in [2.05, 4.69) is 25.7 Å². The first-order chi connectivity index (χ1) is 18.4. The van der Waals surface area contributed by atoms with Gasteiger partial charge in [-0.3, -0.25) is 9.24 Å². The van der Waals surface area contributed by atoms with Crippen LogP contribution in [0.15, 0.2) is 35.1 Å². The van der Waals surface area contributed by atoms with Crippen LogP contribution in [0.4, 0.5) is 15.0 Å². The number of hydrogen-bond acceptors (Lipinski definition) is 5. The number of anilines is 1. The van der Waals surface area contributed by atoms with Gasteiger partial charge >= 0.3 is 6.09 Å². The lowest BCUT2D eigenvalue weighted by atomic mass is 9.96. The maximum absolute atomic E-state index is 14.8. The largest absolute Gasteiger partial charge is 0.444 e. The van der Waals surface area contributed by atoms with Crippen molar-refractivity contribution < 1.29 is 18.5 Å². The van der Waals surface area contributed by atoms with Crippen LogP contribution < -0.4 is 4.67 Å². The Labute approximate surface area is 242 Å². The molecule has 40 heavy (non-hydrogen) atoms. The lowest BCUT2D eigenvalue weighted by Crippen LogP contribution is -2.60. The smallest absolute Gasteiger partial charge is 0.410 e. The number of hydrogen-bond donors (Lipinski definition) is 0. The number of pyridine rings is 1. The van der Waals surface area contributed by atoms with Crippen molar-refractivity contribution in [3.05, 3.63) is 46.7 Å². The highest BCUT2D eigenvalue weighted by atomic mass is 35.5. The van der Waals surface area contributed by atoms with Crippen LogP contribution >= 0.6 is 19.0 Å². The molecule has 2 aromatic rings. The van der Waals surface area contributed by atoms with E-state index in [9.17, 15) is 13.8 Å². The van der Waals surface area contributed by atoms with Gasteiger partial charge < -0.3 is 14.5 Å². The minimum Gasteiger partial charge on any atom is -0.444 e. The van der Waals surface area contributed by atoms with E-state index in [4.69, 9.17) is 26.1 Å². The second-order valence-corrected chi connectivity index (χ2v) is 15.8. The van der Waals surface area contributed by atoms with Gasteiger partial charge in [0.1, 0.15) is 23.1 Å². The molecule has 1 amide bonds. The van der Waals surface area contributed by atoms with E-state index < -0.39 is 18.9 Å². The molecular weight excluding hydrogens is 552 g/mol. The second-order valence-electron chi connectivity index (χ2n) is 13.0. The number of carbonyl (C=O) groups is 1. The lowest BCUT2D eigenvalue weighted by Gasteiger charge is -2.47. The number of piperazine rings is 1. The summed E-state index contributed by atoms with van der Waals surface area (Å²) in [5.74, 6) is 0.538. The SMILES string of the molecule is C[C@@H]1CN(C2=NP(C)(=O)N(CC(C)(C)C)c3nc(-c4ccccc4F)c(Cl)cc32)[C@@H](C)CN1C(=O)OC(C)(C)C. The van der Waals surface area contributed by atoms with E-state index in [1.807, 2.05) is 34.6 Å². The van der Waals surface area contributed by atoms with Crippen LogP contribution in [0.1, 0.15) is 61.0 Å². The first-order valence-corrected chi connectivity index (χ1v) is 16.0. The molecule has 2 aliphatic heterocycles. The van der Waals surface area contributed by atoms with E-state index in [-0.39, 0.29) is 39.9 Å². The molecule has 1 saturated heterocycles. The molecule has 0 N–H and O–H groups in total. The van der Waals surface area contributed by atoms with Gasteiger partial charge in [0.2, 0.25) is 0 Å². The van der Waals surface area contributed by atoms with Crippen molar-refractivity contribution in [1.82, 2.24) is 14.8 Å². The average molecular weight is 592 g/mol. The van der Waals surface area contributed by atoms with Crippen LogP contribution in [0.3, 0.4) is 0 Å². The summed E-state index contributed by atoms with van der Waals surface area (Å²) < 4.78 is 41.3. The number of amidine groups is 1. The van der Waals surface area contributed by atoms with E-state index in [1.54, 1.807) is 40.5 Å². The van der Waals surface area contributed by atoms with E-state index >= 15 is 0 Å². The predicted molar refractivity (Wildman–Crippen MR) is 160 cm³/mol. The Bertz CT molecular complexity index is 1390. The number of benzene rings is 1. The number of rotatable bonds is 2. The van der Waals surface area contributed by atoms with Crippen LogP contribution in [0.2, 0.25) is 5.02 Å². The zero-order chi connectivity index (χ0) is 29.8. The number of carbonyl (C=O) groups excluding carboxylic acids is 1. The molecule has 0 radical (unpaired) electrons. The molecule has 3 heterocycles. The molecule has 1 unspecified atom stereocenters. The third-order valence-electron chi connectivity index (χ3n) is 6.81. The summed E-state index contributed by atoms with van der Waals surface area (Å²) in [5.41, 5.74) is 0.361. The first-order valence-electron chi connectivity index (χ1n) is 13.6. The standard InChI is InChI=1S/C29H40ClFN5O3P/c1-18-16-35(27(37)39-29(6,7)8)19(2)15-34(18)26-21-14-22(30)24(20-12-10-11-13-23(20)31)32-25(21)36(17-28(3,4)5)40(9,38)33-26/h10-14,18-19H,15-17H2,1-9H3/t18-,19+,40?/m0/s1. The molecule has 0 saturated carbocycles. The maximum atomic E-state index is 14.8. The minimum absolute atomic E-state index is 0.158. The molecule has 1 fully saturated rings. The first kappa shape index (κ1) is 30.3.